The van der Waals surface area contributed by atoms with Gasteiger partial charge in [-0.2, -0.15) is 0 Å². The van der Waals surface area contributed by atoms with E-state index in [1.807, 2.05) is 0 Å². The quantitative estimate of drug-likeness (QED) is 0.402. The molecule has 0 heterocycles. The van der Waals surface area contributed by atoms with E-state index in [2.05, 4.69) is 0 Å². The van der Waals surface area contributed by atoms with Crippen LogP contribution >= 0.6 is 0 Å². The van der Waals surface area contributed by atoms with Gasteiger partial charge in [0.15, 0.2) is 0 Å². The van der Waals surface area contributed by atoms with Crippen LogP contribution in [0.5, 0.6) is 0 Å². The van der Waals surface area contributed by atoms with Gasteiger partial charge < -0.3 is 27.0 Å². The van der Waals surface area contributed by atoms with Crippen molar-refractivity contribution in [2.24, 2.45) is 0 Å². The SMILES string of the molecule is [Pb+2].[Pb+2].[S-2].[S-2]. The van der Waals surface area contributed by atoms with E-state index in [-0.39, 0.29) is 81.6 Å². The van der Waals surface area contributed by atoms with Crippen molar-refractivity contribution in [2.75, 3.05) is 0 Å². The van der Waals surface area contributed by atoms with Gasteiger partial charge in [0, 0.05) is 0 Å². The Kier molecular flexibility index (Phi) is 137. The molecule has 0 aliphatic rings. The molecule has 0 saturated heterocycles. The third kappa shape index (κ3) is 8.82. The van der Waals surface area contributed by atoms with Gasteiger partial charge in [0.1, 0.15) is 0 Å². The predicted molar refractivity (Wildman–Crippen MR) is 26.2 cm³/mol. The minimum Gasteiger partial charge on any atom is -2.00 e. The molecule has 0 bridgehead atoms. The fourth-order valence-electron chi connectivity index (χ4n) is 0. The van der Waals surface area contributed by atoms with E-state index in [1.54, 1.807) is 0 Å². The Morgan fingerprint density at radius 3 is 0.500 bits per heavy atom. The molecule has 0 aromatic heterocycles. The normalized spacial score (nSPS) is 0. The molecule has 0 fully saturated rings. The molecule has 0 unspecified atom stereocenters. The van der Waals surface area contributed by atoms with Gasteiger partial charge >= 0.3 is 54.6 Å². The maximum atomic E-state index is 0. The third-order valence-corrected chi connectivity index (χ3v) is 0. The topological polar surface area (TPSA) is 0 Å². The van der Waals surface area contributed by atoms with Crippen molar-refractivity contribution < 1.29 is 0 Å². The van der Waals surface area contributed by atoms with Crippen molar-refractivity contribution in [3.05, 3.63) is 0 Å². The Labute approximate surface area is 80.3 Å². The second-order valence-corrected chi connectivity index (χ2v) is 0. The molecule has 0 spiro atoms. The summed E-state index contributed by atoms with van der Waals surface area (Å²) in [5.74, 6) is 0. The molecule has 0 rings (SSSR count). The van der Waals surface area contributed by atoms with Crippen LogP contribution in [0.15, 0.2) is 0 Å². The van der Waals surface area contributed by atoms with Crippen LogP contribution in [0.3, 0.4) is 0 Å². The minimum absolute atomic E-state index is 0. The van der Waals surface area contributed by atoms with Crippen molar-refractivity contribution >= 4 is 81.6 Å². The summed E-state index contributed by atoms with van der Waals surface area (Å²) in [6, 6.07) is 0. The molecule has 0 aromatic carbocycles. The first kappa shape index (κ1) is 31.1. The van der Waals surface area contributed by atoms with Crippen LogP contribution in [-0.2, 0) is 27.0 Å². The molecule has 0 atom stereocenters. The zero-order chi connectivity index (χ0) is 0. The van der Waals surface area contributed by atoms with Gasteiger partial charge in [0.05, 0.1) is 0 Å². The summed E-state index contributed by atoms with van der Waals surface area (Å²) in [6.45, 7) is 0. The van der Waals surface area contributed by atoms with Gasteiger partial charge in [-0.1, -0.05) is 0 Å². The van der Waals surface area contributed by atoms with E-state index in [0.717, 1.165) is 0 Å². The van der Waals surface area contributed by atoms with Gasteiger partial charge in [0.25, 0.3) is 0 Å². The molecule has 0 N–H and O–H groups in total. The van der Waals surface area contributed by atoms with Crippen LogP contribution in [0.4, 0.5) is 0 Å². The molecule has 20 valence electrons. The fourth-order valence-corrected chi connectivity index (χ4v) is 0. The van der Waals surface area contributed by atoms with Crippen LogP contribution < -0.4 is 0 Å². The molecule has 4 heteroatoms. The monoisotopic (exact) mass is 480 g/mol. The van der Waals surface area contributed by atoms with E-state index in [0.29, 0.717) is 0 Å². The largest absolute Gasteiger partial charge is 2.00 e. The molecule has 0 nitrogen and oxygen atoms in total. The summed E-state index contributed by atoms with van der Waals surface area (Å²) < 4.78 is 0. The summed E-state index contributed by atoms with van der Waals surface area (Å²) in [4.78, 5) is 0. The summed E-state index contributed by atoms with van der Waals surface area (Å²) in [5, 5.41) is 0. The number of rotatable bonds is 0. The summed E-state index contributed by atoms with van der Waals surface area (Å²) in [6.07, 6.45) is 0. The van der Waals surface area contributed by atoms with Gasteiger partial charge in [-0.3, -0.25) is 0 Å². The predicted octanol–water partition coefficient (Wildman–Crippen LogP) is -0.766. The molecular formula is Pb2S2. The molecule has 0 saturated carbocycles. The molecule has 4 heavy (non-hydrogen) atoms. The maximum Gasteiger partial charge on any atom is 2.00 e. The van der Waals surface area contributed by atoms with E-state index < -0.39 is 0 Å². The average molecular weight is 479 g/mol. The number of hydrogen-bond acceptors (Lipinski definition) is 0. The van der Waals surface area contributed by atoms with Crippen LogP contribution in [0.2, 0.25) is 0 Å². The zero-order valence-electron chi connectivity index (χ0n) is 1.82. The van der Waals surface area contributed by atoms with Gasteiger partial charge in [-0.25, -0.2) is 0 Å². The van der Waals surface area contributed by atoms with E-state index in [4.69, 9.17) is 0 Å². The fraction of sp³-hybridized carbons (Fsp3) is 0. The Bertz CT molecular complexity index is 4.00. The first-order valence-electron chi connectivity index (χ1n) is 0. The van der Waals surface area contributed by atoms with E-state index in [9.17, 15) is 0 Å². The first-order chi connectivity index (χ1) is 0. The zero-order valence-corrected chi connectivity index (χ0v) is 11.2. The van der Waals surface area contributed by atoms with Gasteiger partial charge in [-0.15, -0.1) is 0 Å². The summed E-state index contributed by atoms with van der Waals surface area (Å²) >= 11 is 0. The van der Waals surface area contributed by atoms with Crippen molar-refractivity contribution in [1.82, 2.24) is 0 Å². The second-order valence-electron chi connectivity index (χ2n) is 0. The summed E-state index contributed by atoms with van der Waals surface area (Å²) in [5.41, 5.74) is 0. The van der Waals surface area contributed by atoms with Crippen molar-refractivity contribution in [2.45, 2.75) is 0 Å². The standard InChI is InChI=1S/2Pb.2S/q2*+2;2*-2. The maximum absolute atomic E-state index is 0. The second kappa shape index (κ2) is 17.7. The van der Waals surface area contributed by atoms with E-state index in [1.165, 1.54) is 0 Å². The van der Waals surface area contributed by atoms with Crippen LogP contribution in [-0.4, -0.2) is 54.6 Å². The Balaban J connectivity index is 0. The van der Waals surface area contributed by atoms with Crippen molar-refractivity contribution in [1.29, 1.82) is 0 Å². The van der Waals surface area contributed by atoms with Crippen molar-refractivity contribution in [3.8, 4) is 0 Å². The minimum atomic E-state index is 0. The molecule has 0 amide bonds. The molecular weight excluding hydrogens is 479 g/mol. The molecule has 0 aliphatic heterocycles. The molecule has 0 aliphatic carbocycles. The molecule has 0 aromatic rings. The Hall–Kier alpha value is 2.54. The average Bonchev–Trinajstić information content (AvgIpc) is 0. The molecule has 4 radical (unpaired) electrons. The van der Waals surface area contributed by atoms with Crippen LogP contribution in [0.1, 0.15) is 0 Å². The Morgan fingerprint density at radius 1 is 0.500 bits per heavy atom. The third-order valence-electron chi connectivity index (χ3n) is 0. The Morgan fingerprint density at radius 2 is 0.500 bits per heavy atom. The smallest absolute Gasteiger partial charge is 2.00 e. The first-order valence-corrected chi connectivity index (χ1v) is 0. The van der Waals surface area contributed by atoms with Gasteiger partial charge in [-0.05, 0) is 0 Å². The van der Waals surface area contributed by atoms with Gasteiger partial charge in [0.2, 0.25) is 0 Å². The summed E-state index contributed by atoms with van der Waals surface area (Å²) in [7, 11) is 0. The van der Waals surface area contributed by atoms with Crippen LogP contribution in [0, 0.1) is 0 Å². The van der Waals surface area contributed by atoms with Crippen LogP contribution in [0.25, 0.3) is 0 Å². The van der Waals surface area contributed by atoms with Crippen molar-refractivity contribution in [3.63, 3.8) is 0 Å². The van der Waals surface area contributed by atoms with E-state index >= 15 is 0 Å². The number of hydrogen-bond donors (Lipinski definition) is 0.